The molecule has 1 rings (SSSR count). The van der Waals surface area contributed by atoms with Gasteiger partial charge in [-0.25, -0.2) is 0 Å². The number of ether oxygens (including phenoxy) is 1. The van der Waals surface area contributed by atoms with Gasteiger partial charge in [0.15, 0.2) is 0 Å². The lowest BCUT2D eigenvalue weighted by Crippen LogP contribution is -2.24. The number of alkyl halides is 3. The van der Waals surface area contributed by atoms with E-state index in [0.717, 1.165) is 25.2 Å². The molecular weight excluding hydrogens is 243 g/mol. The van der Waals surface area contributed by atoms with E-state index < -0.39 is 11.7 Å². The molecule has 0 spiro atoms. The monoisotopic (exact) mass is 261 g/mol. The lowest BCUT2D eigenvalue weighted by atomic mass is 10.2. The quantitative estimate of drug-likeness (QED) is 0.848. The van der Waals surface area contributed by atoms with Crippen LogP contribution in [-0.2, 0) is 6.18 Å². The average Bonchev–Trinajstić information content (AvgIpc) is 2.33. The molecule has 0 heterocycles. The number of hydrogen-bond donors (Lipinski definition) is 1. The van der Waals surface area contributed by atoms with Crippen molar-refractivity contribution >= 4 is 0 Å². The molecule has 102 valence electrons. The van der Waals surface area contributed by atoms with E-state index in [1.54, 1.807) is 0 Å². The smallest absolute Gasteiger partial charge is 0.416 e. The second-order valence-electron chi connectivity index (χ2n) is 4.25. The Morgan fingerprint density at radius 2 is 2.06 bits per heavy atom. The van der Waals surface area contributed by atoms with Crippen LogP contribution in [0.2, 0.25) is 0 Å². The van der Waals surface area contributed by atoms with Gasteiger partial charge in [-0.1, -0.05) is 19.9 Å². The molecule has 18 heavy (non-hydrogen) atoms. The summed E-state index contributed by atoms with van der Waals surface area (Å²) in [5, 5.41) is 3.16. The summed E-state index contributed by atoms with van der Waals surface area (Å²) in [6.07, 6.45) is -4.32. The third kappa shape index (κ3) is 4.96. The van der Waals surface area contributed by atoms with Crippen molar-refractivity contribution in [2.45, 2.75) is 20.0 Å². The van der Waals surface area contributed by atoms with Crippen LogP contribution in [0, 0.1) is 5.92 Å². The maximum absolute atomic E-state index is 12.5. The third-order valence-electron chi connectivity index (χ3n) is 2.44. The Hall–Kier alpha value is -1.23. The largest absolute Gasteiger partial charge is 0.493 e. The predicted molar refractivity (Wildman–Crippen MR) is 64.6 cm³/mol. The molecule has 0 fully saturated rings. The Labute approximate surface area is 105 Å². The summed E-state index contributed by atoms with van der Waals surface area (Å²) in [5.41, 5.74) is -0.681. The van der Waals surface area contributed by atoms with Crippen molar-refractivity contribution in [2.24, 2.45) is 5.92 Å². The van der Waals surface area contributed by atoms with Crippen molar-refractivity contribution in [3.05, 3.63) is 29.8 Å². The van der Waals surface area contributed by atoms with Crippen LogP contribution in [0.15, 0.2) is 24.3 Å². The molecule has 0 radical (unpaired) electrons. The summed E-state index contributed by atoms with van der Waals surface area (Å²) in [7, 11) is 0. The molecule has 0 aromatic heterocycles. The van der Waals surface area contributed by atoms with Crippen molar-refractivity contribution in [1.29, 1.82) is 0 Å². The second-order valence-corrected chi connectivity index (χ2v) is 4.25. The standard InChI is InChI=1S/C13H18F3NO/c1-3-17-8-10(2)9-18-12-6-4-5-11(7-12)13(14,15)16/h4-7,10,17H,3,8-9H2,1-2H3. The highest BCUT2D eigenvalue weighted by Gasteiger charge is 2.30. The number of hydrogen-bond acceptors (Lipinski definition) is 2. The van der Waals surface area contributed by atoms with Crippen LogP contribution < -0.4 is 10.1 Å². The first-order valence-corrected chi connectivity index (χ1v) is 5.94. The Kier molecular flexibility index (Phi) is 5.47. The summed E-state index contributed by atoms with van der Waals surface area (Å²) in [4.78, 5) is 0. The molecule has 0 bridgehead atoms. The predicted octanol–water partition coefficient (Wildman–Crippen LogP) is 3.33. The Balaban J connectivity index is 2.52. The Morgan fingerprint density at radius 1 is 1.33 bits per heavy atom. The lowest BCUT2D eigenvalue weighted by molar-refractivity contribution is -0.137. The topological polar surface area (TPSA) is 21.3 Å². The Morgan fingerprint density at radius 3 is 2.67 bits per heavy atom. The first-order valence-electron chi connectivity index (χ1n) is 5.94. The van der Waals surface area contributed by atoms with Crippen molar-refractivity contribution < 1.29 is 17.9 Å². The van der Waals surface area contributed by atoms with Gasteiger partial charge in [-0.2, -0.15) is 13.2 Å². The van der Waals surface area contributed by atoms with Gasteiger partial charge in [-0.3, -0.25) is 0 Å². The van der Waals surface area contributed by atoms with Crippen LogP contribution >= 0.6 is 0 Å². The molecule has 0 amide bonds. The Bertz CT molecular complexity index is 365. The van der Waals surface area contributed by atoms with E-state index in [1.807, 2.05) is 13.8 Å². The maximum atomic E-state index is 12.5. The van der Waals surface area contributed by atoms with Crippen LogP contribution in [-0.4, -0.2) is 19.7 Å². The zero-order chi connectivity index (χ0) is 13.6. The minimum absolute atomic E-state index is 0.250. The molecule has 1 aromatic rings. The number of nitrogens with one attached hydrogen (secondary N) is 1. The van der Waals surface area contributed by atoms with Gasteiger partial charge in [0.2, 0.25) is 0 Å². The van der Waals surface area contributed by atoms with Gasteiger partial charge in [-0.05, 0) is 24.7 Å². The van der Waals surface area contributed by atoms with Gasteiger partial charge in [-0.15, -0.1) is 0 Å². The number of halogens is 3. The van der Waals surface area contributed by atoms with Gasteiger partial charge in [0.25, 0.3) is 0 Å². The highest BCUT2D eigenvalue weighted by Crippen LogP contribution is 2.31. The van der Waals surface area contributed by atoms with E-state index in [4.69, 9.17) is 4.74 Å². The first kappa shape index (κ1) is 14.8. The molecule has 1 N–H and O–H groups in total. The molecule has 0 saturated heterocycles. The average molecular weight is 261 g/mol. The first-order chi connectivity index (χ1) is 8.43. The normalized spacial score (nSPS) is 13.4. The van der Waals surface area contributed by atoms with E-state index in [0.29, 0.717) is 6.61 Å². The molecule has 0 saturated carbocycles. The van der Waals surface area contributed by atoms with Crippen molar-refractivity contribution in [1.82, 2.24) is 5.32 Å². The summed E-state index contributed by atoms with van der Waals surface area (Å²) in [6, 6.07) is 4.96. The fourth-order valence-electron chi connectivity index (χ4n) is 1.45. The third-order valence-corrected chi connectivity index (χ3v) is 2.44. The molecule has 0 aliphatic heterocycles. The lowest BCUT2D eigenvalue weighted by Gasteiger charge is -2.14. The van der Waals surface area contributed by atoms with Gasteiger partial charge < -0.3 is 10.1 Å². The minimum Gasteiger partial charge on any atom is -0.493 e. The summed E-state index contributed by atoms with van der Waals surface area (Å²) < 4.78 is 42.8. The van der Waals surface area contributed by atoms with Crippen molar-refractivity contribution in [2.75, 3.05) is 19.7 Å². The van der Waals surface area contributed by atoms with Crippen LogP contribution in [0.3, 0.4) is 0 Å². The molecular formula is C13H18F3NO. The fourth-order valence-corrected chi connectivity index (χ4v) is 1.45. The van der Waals surface area contributed by atoms with E-state index >= 15 is 0 Å². The number of rotatable bonds is 6. The SMILES string of the molecule is CCNCC(C)COc1cccc(C(F)(F)F)c1. The van der Waals surface area contributed by atoms with Gasteiger partial charge >= 0.3 is 6.18 Å². The van der Waals surface area contributed by atoms with E-state index in [9.17, 15) is 13.2 Å². The zero-order valence-electron chi connectivity index (χ0n) is 10.6. The molecule has 1 unspecified atom stereocenters. The number of benzene rings is 1. The maximum Gasteiger partial charge on any atom is 0.416 e. The van der Waals surface area contributed by atoms with Crippen LogP contribution in [0.4, 0.5) is 13.2 Å². The van der Waals surface area contributed by atoms with Crippen LogP contribution in [0.1, 0.15) is 19.4 Å². The molecule has 5 heteroatoms. The summed E-state index contributed by atoms with van der Waals surface area (Å²) >= 11 is 0. The van der Waals surface area contributed by atoms with E-state index in [-0.39, 0.29) is 11.7 Å². The zero-order valence-corrected chi connectivity index (χ0v) is 10.6. The molecule has 2 nitrogen and oxygen atoms in total. The second kappa shape index (κ2) is 6.64. The molecule has 1 atom stereocenters. The summed E-state index contributed by atoms with van der Waals surface area (Å²) in [5.74, 6) is 0.507. The molecule has 0 aliphatic rings. The van der Waals surface area contributed by atoms with Gasteiger partial charge in [0.05, 0.1) is 12.2 Å². The minimum atomic E-state index is -4.32. The van der Waals surface area contributed by atoms with E-state index in [1.165, 1.54) is 12.1 Å². The highest BCUT2D eigenvalue weighted by molar-refractivity contribution is 5.30. The van der Waals surface area contributed by atoms with E-state index in [2.05, 4.69) is 5.32 Å². The highest BCUT2D eigenvalue weighted by atomic mass is 19.4. The van der Waals surface area contributed by atoms with Crippen LogP contribution in [0.5, 0.6) is 5.75 Å². The molecule has 0 aliphatic carbocycles. The fraction of sp³-hybridized carbons (Fsp3) is 0.538. The molecule has 1 aromatic carbocycles. The van der Waals surface area contributed by atoms with Gasteiger partial charge in [0.1, 0.15) is 5.75 Å². The van der Waals surface area contributed by atoms with Gasteiger partial charge in [0, 0.05) is 12.5 Å². The van der Waals surface area contributed by atoms with Crippen molar-refractivity contribution in [3.8, 4) is 5.75 Å². The van der Waals surface area contributed by atoms with Crippen LogP contribution in [0.25, 0.3) is 0 Å². The van der Waals surface area contributed by atoms with Crippen molar-refractivity contribution in [3.63, 3.8) is 0 Å². The summed E-state index contributed by atoms with van der Waals surface area (Å²) in [6.45, 7) is 6.04.